The Morgan fingerprint density at radius 1 is 1.44 bits per heavy atom. The third-order valence-corrected chi connectivity index (χ3v) is 3.33. The van der Waals surface area contributed by atoms with E-state index < -0.39 is 6.10 Å². The number of aromatic nitrogens is 2. The van der Waals surface area contributed by atoms with Crippen molar-refractivity contribution in [3.05, 3.63) is 47.8 Å². The Bertz CT molecular complexity index is 550. The molecule has 1 N–H and O–H groups in total. The van der Waals surface area contributed by atoms with Gasteiger partial charge in [-0.2, -0.15) is 5.10 Å². The molecule has 1 aliphatic heterocycles. The maximum absolute atomic E-state index is 10.1. The van der Waals surface area contributed by atoms with E-state index in [1.807, 2.05) is 48.3 Å². The summed E-state index contributed by atoms with van der Waals surface area (Å²) in [6, 6.07) is 7.64. The van der Waals surface area contributed by atoms with Gasteiger partial charge in [0.25, 0.3) is 0 Å². The first-order valence-electron chi connectivity index (χ1n) is 6.24. The molecule has 0 saturated carbocycles. The van der Waals surface area contributed by atoms with E-state index in [-0.39, 0.29) is 6.10 Å². The molecule has 0 radical (unpaired) electrons. The van der Waals surface area contributed by atoms with Gasteiger partial charge in [-0.1, -0.05) is 18.2 Å². The Balaban J connectivity index is 1.89. The molecule has 2 heterocycles. The summed E-state index contributed by atoms with van der Waals surface area (Å²) >= 11 is 0. The summed E-state index contributed by atoms with van der Waals surface area (Å²) in [7, 11) is 0. The Morgan fingerprint density at radius 2 is 2.28 bits per heavy atom. The van der Waals surface area contributed by atoms with E-state index in [2.05, 4.69) is 5.10 Å². The van der Waals surface area contributed by atoms with Crippen molar-refractivity contribution in [1.29, 1.82) is 0 Å². The van der Waals surface area contributed by atoms with Crippen LogP contribution in [0.2, 0.25) is 0 Å². The van der Waals surface area contributed by atoms with E-state index in [1.165, 1.54) is 0 Å². The number of aliphatic hydroxyl groups excluding tert-OH is 1. The highest BCUT2D eigenvalue weighted by Crippen LogP contribution is 2.40. The molecule has 2 atom stereocenters. The summed E-state index contributed by atoms with van der Waals surface area (Å²) in [5.74, 6) is 0.769. The average Bonchev–Trinajstić information content (AvgIpc) is 2.87. The number of hydrogen-bond donors (Lipinski definition) is 1. The molecule has 0 saturated heterocycles. The number of aryl methyl sites for hydroxylation is 1. The summed E-state index contributed by atoms with van der Waals surface area (Å²) < 4.78 is 7.80. The summed E-state index contributed by atoms with van der Waals surface area (Å²) in [5, 5.41) is 14.4. The third kappa shape index (κ3) is 1.88. The van der Waals surface area contributed by atoms with Crippen molar-refractivity contribution in [3.63, 3.8) is 0 Å². The molecule has 4 heteroatoms. The molecule has 0 bridgehead atoms. The Labute approximate surface area is 106 Å². The van der Waals surface area contributed by atoms with Gasteiger partial charge in [-0.25, -0.2) is 0 Å². The molecule has 2 aromatic rings. The van der Waals surface area contributed by atoms with Gasteiger partial charge < -0.3 is 9.84 Å². The predicted octanol–water partition coefficient (Wildman–Crippen LogP) is 2.46. The normalized spacial score (nSPS) is 22.3. The van der Waals surface area contributed by atoms with Gasteiger partial charge in [0.15, 0.2) is 0 Å². The van der Waals surface area contributed by atoms with Crippen LogP contribution in [0, 0.1) is 0 Å². The van der Waals surface area contributed by atoms with E-state index in [0.29, 0.717) is 6.42 Å². The number of benzene rings is 1. The van der Waals surface area contributed by atoms with Gasteiger partial charge in [0.1, 0.15) is 11.9 Å². The SMILES string of the molecule is CCn1cc(C2C[C@H](O)c3ccccc3O2)cn1. The standard InChI is InChI=1S/C14H16N2O2/c1-2-16-9-10(8-15-16)14-7-12(17)11-5-3-4-6-13(11)18-14/h3-6,8-9,12,14,17H,2,7H2,1H3/t12-,14?/m0/s1. The number of para-hydroxylation sites is 1. The van der Waals surface area contributed by atoms with Crippen molar-refractivity contribution in [2.24, 2.45) is 0 Å². The summed E-state index contributed by atoms with van der Waals surface area (Å²) in [6.07, 6.45) is 3.78. The number of aliphatic hydroxyl groups is 1. The minimum Gasteiger partial charge on any atom is -0.485 e. The van der Waals surface area contributed by atoms with Gasteiger partial charge >= 0.3 is 0 Å². The van der Waals surface area contributed by atoms with Gasteiger partial charge in [0, 0.05) is 30.3 Å². The molecule has 0 spiro atoms. The lowest BCUT2D eigenvalue weighted by atomic mass is 9.96. The number of ether oxygens (including phenoxy) is 1. The fourth-order valence-electron chi connectivity index (χ4n) is 2.32. The van der Waals surface area contributed by atoms with Gasteiger partial charge in [-0.3, -0.25) is 4.68 Å². The molecular formula is C14H16N2O2. The van der Waals surface area contributed by atoms with Crippen LogP contribution in [0.1, 0.15) is 36.7 Å². The van der Waals surface area contributed by atoms with Crippen LogP contribution in [-0.4, -0.2) is 14.9 Å². The first kappa shape index (κ1) is 11.3. The maximum Gasteiger partial charge on any atom is 0.130 e. The molecule has 4 nitrogen and oxygen atoms in total. The zero-order chi connectivity index (χ0) is 12.5. The van der Waals surface area contributed by atoms with Crippen LogP contribution in [-0.2, 0) is 6.54 Å². The van der Waals surface area contributed by atoms with Crippen LogP contribution in [0.3, 0.4) is 0 Å². The minimum atomic E-state index is -0.468. The second-order valence-electron chi connectivity index (χ2n) is 4.53. The van der Waals surface area contributed by atoms with Crippen LogP contribution in [0.15, 0.2) is 36.7 Å². The topological polar surface area (TPSA) is 47.3 Å². The summed E-state index contributed by atoms with van der Waals surface area (Å²) in [6.45, 7) is 2.88. The Morgan fingerprint density at radius 3 is 3.06 bits per heavy atom. The van der Waals surface area contributed by atoms with Crippen molar-refractivity contribution >= 4 is 0 Å². The zero-order valence-corrected chi connectivity index (χ0v) is 10.3. The first-order chi connectivity index (χ1) is 8.78. The number of rotatable bonds is 2. The van der Waals surface area contributed by atoms with E-state index in [9.17, 15) is 5.11 Å². The van der Waals surface area contributed by atoms with Crippen LogP contribution in [0.4, 0.5) is 0 Å². The third-order valence-electron chi connectivity index (χ3n) is 3.33. The smallest absolute Gasteiger partial charge is 0.130 e. The highest BCUT2D eigenvalue weighted by Gasteiger charge is 2.28. The first-order valence-corrected chi connectivity index (χ1v) is 6.24. The van der Waals surface area contributed by atoms with Crippen molar-refractivity contribution in [2.45, 2.75) is 32.1 Å². The molecule has 94 valence electrons. The highest BCUT2D eigenvalue weighted by atomic mass is 16.5. The van der Waals surface area contributed by atoms with E-state index >= 15 is 0 Å². The largest absolute Gasteiger partial charge is 0.485 e. The molecule has 1 aromatic heterocycles. The lowest BCUT2D eigenvalue weighted by Crippen LogP contribution is -2.18. The van der Waals surface area contributed by atoms with E-state index in [0.717, 1.165) is 23.4 Å². The molecule has 1 unspecified atom stereocenters. The summed E-state index contributed by atoms with van der Waals surface area (Å²) in [5.41, 5.74) is 1.89. The second kappa shape index (κ2) is 4.46. The fourth-order valence-corrected chi connectivity index (χ4v) is 2.32. The van der Waals surface area contributed by atoms with Crippen molar-refractivity contribution < 1.29 is 9.84 Å². The van der Waals surface area contributed by atoms with Gasteiger partial charge in [-0.05, 0) is 13.0 Å². The average molecular weight is 244 g/mol. The highest BCUT2D eigenvalue weighted by molar-refractivity contribution is 5.37. The fraction of sp³-hybridized carbons (Fsp3) is 0.357. The van der Waals surface area contributed by atoms with Crippen LogP contribution >= 0.6 is 0 Å². The predicted molar refractivity (Wildman–Crippen MR) is 67.3 cm³/mol. The Hall–Kier alpha value is -1.81. The maximum atomic E-state index is 10.1. The van der Waals surface area contributed by atoms with Crippen LogP contribution in [0.5, 0.6) is 5.75 Å². The van der Waals surface area contributed by atoms with E-state index in [1.54, 1.807) is 0 Å². The molecule has 3 rings (SSSR count). The molecule has 18 heavy (non-hydrogen) atoms. The number of hydrogen-bond acceptors (Lipinski definition) is 3. The van der Waals surface area contributed by atoms with Crippen LogP contribution < -0.4 is 4.74 Å². The van der Waals surface area contributed by atoms with Gasteiger partial charge in [-0.15, -0.1) is 0 Å². The quantitative estimate of drug-likeness (QED) is 0.882. The molecule has 0 aliphatic carbocycles. The van der Waals surface area contributed by atoms with E-state index in [4.69, 9.17) is 4.74 Å². The van der Waals surface area contributed by atoms with Crippen LogP contribution in [0.25, 0.3) is 0 Å². The molecule has 0 amide bonds. The zero-order valence-electron chi connectivity index (χ0n) is 10.3. The van der Waals surface area contributed by atoms with Gasteiger partial charge in [0.05, 0.1) is 12.3 Å². The molecule has 1 aromatic carbocycles. The van der Waals surface area contributed by atoms with Crippen molar-refractivity contribution in [1.82, 2.24) is 9.78 Å². The van der Waals surface area contributed by atoms with Gasteiger partial charge in [0.2, 0.25) is 0 Å². The van der Waals surface area contributed by atoms with Crippen molar-refractivity contribution in [3.8, 4) is 5.75 Å². The lowest BCUT2D eigenvalue weighted by Gasteiger charge is -2.28. The molecule has 1 aliphatic rings. The lowest BCUT2D eigenvalue weighted by molar-refractivity contribution is 0.0657. The monoisotopic (exact) mass is 244 g/mol. The summed E-state index contributed by atoms with van der Waals surface area (Å²) in [4.78, 5) is 0. The Kier molecular flexibility index (Phi) is 2.80. The molecular weight excluding hydrogens is 228 g/mol. The number of nitrogens with zero attached hydrogens (tertiary/aromatic N) is 2. The molecule has 0 fully saturated rings. The minimum absolute atomic E-state index is 0.116. The second-order valence-corrected chi connectivity index (χ2v) is 4.53. The number of fused-ring (bicyclic) bond motifs is 1. The van der Waals surface area contributed by atoms with Crippen molar-refractivity contribution in [2.75, 3.05) is 0 Å².